The molecule has 0 bridgehead atoms. The lowest BCUT2D eigenvalue weighted by molar-refractivity contribution is -0.116. The van der Waals surface area contributed by atoms with Gasteiger partial charge >= 0.3 is 0 Å². The average molecular weight is 427 g/mol. The van der Waals surface area contributed by atoms with Crippen LogP contribution in [0.1, 0.15) is 30.1 Å². The minimum absolute atomic E-state index is 0.0898. The van der Waals surface area contributed by atoms with Gasteiger partial charge in [-0.2, -0.15) is 5.26 Å². The number of hydrogen-bond acceptors (Lipinski definition) is 6. The fourth-order valence-corrected chi connectivity index (χ4v) is 4.67. The molecule has 2 aromatic rings. The van der Waals surface area contributed by atoms with Gasteiger partial charge in [0.05, 0.1) is 17.6 Å². The van der Waals surface area contributed by atoms with E-state index in [1.807, 2.05) is 29.6 Å². The maximum absolute atomic E-state index is 12.9. The van der Waals surface area contributed by atoms with Gasteiger partial charge in [-0.25, -0.2) is 4.98 Å². The third-order valence-electron chi connectivity index (χ3n) is 4.68. The van der Waals surface area contributed by atoms with E-state index < -0.39 is 0 Å². The lowest BCUT2D eigenvalue weighted by Gasteiger charge is -2.38. The predicted molar refractivity (Wildman–Crippen MR) is 104 cm³/mol. The molecule has 1 aliphatic carbocycles. The highest BCUT2D eigenvalue weighted by atomic mass is 79.9. The summed E-state index contributed by atoms with van der Waals surface area (Å²) < 4.78 is 0.853. The van der Waals surface area contributed by atoms with Crippen molar-refractivity contribution in [2.75, 3.05) is 4.90 Å². The van der Waals surface area contributed by atoms with Gasteiger partial charge in [-0.1, -0.05) is 6.07 Å². The number of hydrogen-bond donors (Lipinski definition) is 1. The van der Waals surface area contributed by atoms with Gasteiger partial charge in [-0.05, 0) is 52.4 Å². The van der Waals surface area contributed by atoms with E-state index in [1.165, 1.54) is 11.3 Å². The van der Waals surface area contributed by atoms with Crippen molar-refractivity contribution in [2.24, 2.45) is 5.73 Å². The number of Topliss-reactive ketones (excluding diaryl/α,β-unsaturated/α-hetero) is 1. The maximum Gasteiger partial charge on any atom is 0.161 e. The predicted octanol–water partition coefficient (Wildman–Crippen LogP) is 4.21. The van der Waals surface area contributed by atoms with E-state index in [9.17, 15) is 10.1 Å². The van der Waals surface area contributed by atoms with E-state index in [0.717, 1.165) is 27.9 Å². The Hall–Kier alpha value is -2.43. The number of nitrogens with two attached hydrogens (primary N) is 1. The number of ketones is 1. The fourth-order valence-electron chi connectivity index (χ4n) is 3.59. The molecule has 0 amide bonds. The molecule has 0 radical (unpaired) electrons. The van der Waals surface area contributed by atoms with Crippen LogP contribution in [0, 0.1) is 11.3 Å². The van der Waals surface area contributed by atoms with Gasteiger partial charge in [-0.3, -0.25) is 9.69 Å². The Kier molecular flexibility index (Phi) is 4.39. The van der Waals surface area contributed by atoms with Gasteiger partial charge < -0.3 is 5.73 Å². The number of allylic oxidation sites excluding steroid dienone is 3. The van der Waals surface area contributed by atoms with Crippen LogP contribution in [-0.4, -0.2) is 10.8 Å². The van der Waals surface area contributed by atoms with Gasteiger partial charge in [-0.15, -0.1) is 11.3 Å². The van der Waals surface area contributed by atoms with Crippen LogP contribution >= 0.6 is 27.3 Å². The van der Waals surface area contributed by atoms with E-state index in [1.54, 1.807) is 11.1 Å². The number of nitriles is 1. The first-order valence-corrected chi connectivity index (χ1v) is 9.90. The van der Waals surface area contributed by atoms with Gasteiger partial charge in [0.1, 0.15) is 11.6 Å². The first-order chi connectivity index (χ1) is 12.6. The number of rotatable bonds is 2. The van der Waals surface area contributed by atoms with Crippen LogP contribution in [0.5, 0.6) is 0 Å². The minimum atomic E-state index is -0.380. The molecule has 2 aromatic heterocycles. The number of nitrogens with zero attached hydrogens (tertiary/aromatic N) is 3. The second-order valence-electron chi connectivity index (χ2n) is 6.17. The number of carbonyl (C=O) groups excluding carboxylic acids is 1. The number of thiophene rings is 1. The Morgan fingerprint density at radius 3 is 2.85 bits per heavy atom. The summed E-state index contributed by atoms with van der Waals surface area (Å²) in [5, 5.41) is 11.8. The second kappa shape index (κ2) is 6.71. The first kappa shape index (κ1) is 17.0. The fraction of sp³-hybridized carbons (Fsp3) is 0.211. The highest BCUT2D eigenvalue weighted by molar-refractivity contribution is 9.10. The smallest absolute Gasteiger partial charge is 0.161 e. The molecule has 0 saturated heterocycles. The molecule has 1 atom stereocenters. The SMILES string of the molecule is N#CC1=C(N)N(c2ccc(Br)cn2)C2=C(C(=O)CCC2)C1c1cccs1. The Balaban J connectivity index is 1.96. The Morgan fingerprint density at radius 1 is 1.35 bits per heavy atom. The zero-order valence-corrected chi connectivity index (χ0v) is 16.2. The summed E-state index contributed by atoms with van der Waals surface area (Å²) in [5.41, 5.74) is 8.41. The quantitative estimate of drug-likeness (QED) is 0.777. The largest absolute Gasteiger partial charge is 0.384 e. The van der Waals surface area contributed by atoms with E-state index in [4.69, 9.17) is 5.73 Å². The molecule has 130 valence electrons. The van der Waals surface area contributed by atoms with E-state index in [0.29, 0.717) is 29.2 Å². The zero-order chi connectivity index (χ0) is 18.3. The molecule has 26 heavy (non-hydrogen) atoms. The van der Waals surface area contributed by atoms with Crippen LogP contribution in [0.4, 0.5) is 5.82 Å². The Bertz CT molecular complexity index is 970. The topological polar surface area (TPSA) is 83.0 Å². The summed E-state index contributed by atoms with van der Waals surface area (Å²) in [6.07, 6.45) is 3.70. The van der Waals surface area contributed by atoms with Gasteiger partial charge in [0.2, 0.25) is 0 Å². The monoisotopic (exact) mass is 426 g/mol. The Morgan fingerprint density at radius 2 is 2.19 bits per heavy atom. The van der Waals surface area contributed by atoms with E-state index in [-0.39, 0.29) is 11.7 Å². The summed E-state index contributed by atoms with van der Waals surface area (Å²) in [6, 6.07) is 9.85. The van der Waals surface area contributed by atoms with Crippen molar-refractivity contribution >= 4 is 38.9 Å². The molecule has 0 saturated carbocycles. The molecule has 3 heterocycles. The van der Waals surface area contributed by atoms with Crippen molar-refractivity contribution in [3.05, 3.63) is 67.9 Å². The molecule has 0 aromatic carbocycles. The summed E-state index contributed by atoms with van der Waals surface area (Å²) in [6.45, 7) is 0. The zero-order valence-electron chi connectivity index (χ0n) is 13.8. The van der Waals surface area contributed by atoms with Gasteiger partial charge in [0.25, 0.3) is 0 Å². The van der Waals surface area contributed by atoms with Crippen molar-refractivity contribution in [2.45, 2.75) is 25.2 Å². The van der Waals surface area contributed by atoms with Crippen molar-refractivity contribution in [3.63, 3.8) is 0 Å². The number of pyridine rings is 1. The average Bonchev–Trinajstić information content (AvgIpc) is 3.16. The molecule has 0 spiro atoms. The summed E-state index contributed by atoms with van der Waals surface area (Å²) in [7, 11) is 0. The molecular weight excluding hydrogens is 412 g/mol. The lowest BCUT2D eigenvalue weighted by Crippen LogP contribution is -2.38. The van der Waals surface area contributed by atoms with Crippen LogP contribution < -0.4 is 10.6 Å². The molecular formula is C19H15BrN4OS. The summed E-state index contributed by atoms with van der Waals surface area (Å²) in [5.74, 6) is 0.681. The number of carbonyl (C=O) groups is 1. The summed E-state index contributed by atoms with van der Waals surface area (Å²) in [4.78, 5) is 20.0. The summed E-state index contributed by atoms with van der Waals surface area (Å²) >= 11 is 4.92. The Labute approximate surface area is 163 Å². The van der Waals surface area contributed by atoms with Crippen LogP contribution in [-0.2, 0) is 4.79 Å². The first-order valence-electron chi connectivity index (χ1n) is 8.23. The van der Waals surface area contributed by atoms with Crippen molar-refractivity contribution in [1.29, 1.82) is 5.26 Å². The van der Waals surface area contributed by atoms with Crippen LogP contribution in [0.25, 0.3) is 0 Å². The van der Waals surface area contributed by atoms with Crippen LogP contribution in [0.15, 0.2) is 63.0 Å². The standard InChI is InChI=1S/C19H15BrN4OS/c20-11-6-7-16(23-10-11)24-13-3-1-4-14(25)18(13)17(12(9-21)19(24)22)15-5-2-8-26-15/h2,5-8,10,17H,1,3-4,22H2. The number of halogens is 1. The molecule has 0 fully saturated rings. The van der Waals surface area contributed by atoms with Crippen molar-refractivity contribution in [1.82, 2.24) is 4.98 Å². The van der Waals surface area contributed by atoms with E-state index in [2.05, 4.69) is 27.0 Å². The van der Waals surface area contributed by atoms with E-state index >= 15 is 0 Å². The molecule has 5 nitrogen and oxygen atoms in total. The minimum Gasteiger partial charge on any atom is -0.384 e. The molecule has 2 N–H and O–H groups in total. The highest BCUT2D eigenvalue weighted by Crippen LogP contribution is 2.46. The number of anilines is 1. The molecule has 4 rings (SSSR count). The second-order valence-corrected chi connectivity index (χ2v) is 8.06. The van der Waals surface area contributed by atoms with Gasteiger partial charge in [0.15, 0.2) is 5.78 Å². The molecule has 2 aliphatic rings. The third-order valence-corrected chi connectivity index (χ3v) is 6.09. The van der Waals surface area contributed by atoms with Crippen LogP contribution in [0.2, 0.25) is 0 Å². The third kappa shape index (κ3) is 2.66. The molecule has 1 aliphatic heterocycles. The normalized spacial score (nSPS) is 20.2. The number of aromatic nitrogens is 1. The lowest BCUT2D eigenvalue weighted by atomic mass is 9.78. The highest BCUT2D eigenvalue weighted by Gasteiger charge is 2.40. The van der Waals surface area contributed by atoms with Crippen molar-refractivity contribution in [3.8, 4) is 6.07 Å². The van der Waals surface area contributed by atoms with Crippen LogP contribution in [0.3, 0.4) is 0 Å². The molecule has 1 unspecified atom stereocenters. The molecule has 7 heteroatoms. The van der Waals surface area contributed by atoms with Crippen molar-refractivity contribution < 1.29 is 4.79 Å². The van der Waals surface area contributed by atoms with Gasteiger partial charge in [0, 0.05) is 33.2 Å². The maximum atomic E-state index is 12.9.